The van der Waals surface area contributed by atoms with Gasteiger partial charge in [-0.2, -0.15) is 0 Å². The van der Waals surface area contributed by atoms with Gasteiger partial charge in [0.05, 0.1) is 6.10 Å². The predicted molar refractivity (Wildman–Crippen MR) is 75.9 cm³/mol. The Labute approximate surface area is 124 Å². The summed E-state index contributed by atoms with van der Waals surface area (Å²) in [6, 6.07) is -0.721. The summed E-state index contributed by atoms with van der Waals surface area (Å²) in [7, 11) is 0. The third-order valence-corrected chi connectivity index (χ3v) is 5.23. The molecular weight excluding hydrogens is 272 g/mol. The van der Waals surface area contributed by atoms with E-state index in [1.807, 2.05) is 6.92 Å². The summed E-state index contributed by atoms with van der Waals surface area (Å²) in [5.41, 5.74) is 0. The standard InChI is InChI=1S/C15H24N2O4/c1-2-21-11-6-10(7-11)16-15(20)17-8-9-4-3-5-12(9)13(17)14(18)19/h9-13H,2-8H2,1H3,(H,16,20)(H,18,19). The van der Waals surface area contributed by atoms with E-state index in [2.05, 4.69) is 5.32 Å². The van der Waals surface area contributed by atoms with Crippen molar-refractivity contribution in [3.8, 4) is 0 Å². The second-order valence-electron chi connectivity index (χ2n) is 6.49. The van der Waals surface area contributed by atoms with Crippen LogP contribution in [0.15, 0.2) is 0 Å². The van der Waals surface area contributed by atoms with Crippen LogP contribution in [0.4, 0.5) is 4.79 Å². The molecule has 0 radical (unpaired) electrons. The van der Waals surface area contributed by atoms with E-state index < -0.39 is 12.0 Å². The van der Waals surface area contributed by atoms with Gasteiger partial charge in [-0.05, 0) is 44.4 Å². The number of hydrogen-bond donors (Lipinski definition) is 2. The molecule has 0 aromatic carbocycles. The number of amides is 2. The van der Waals surface area contributed by atoms with Gasteiger partial charge in [0.25, 0.3) is 0 Å². The summed E-state index contributed by atoms with van der Waals surface area (Å²) in [5.74, 6) is -0.347. The molecule has 1 aliphatic heterocycles. The molecule has 3 aliphatic rings. The Bertz CT molecular complexity index is 422. The maximum Gasteiger partial charge on any atom is 0.326 e. The lowest BCUT2D eigenvalue weighted by Gasteiger charge is -2.37. The SMILES string of the molecule is CCOC1CC(NC(=O)N2CC3CCCC3C2C(=O)O)C1. The van der Waals surface area contributed by atoms with Gasteiger partial charge in [0, 0.05) is 19.2 Å². The number of carbonyl (C=O) groups excluding carboxylic acids is 1. The van der Waals surface area contributed by atoms with E-state index in [9.17, 15) is 14.7 Å². The van der Waals surface area contributed by atoms with Crippen LogP contribution in [0.3, 0.4) is 0 Å². The number of carbonyl (C=O) groups is 2. The van der Waals surface area contributed by atoms with Crippen LogP contribution in [0.25, 0.3) is 0 Å². The van der Waals surface area contributed by atoms with Crippen molar-refractivity contribution in [2.45, 2.75) is 57.2 Å². The minimum atomic E-state index is -0.861. The molecule has 6 nitrogen and oxygen atoms in total. The van der Waals surface area contributed by atoms with Crippen LogP contribution >= 0.6 is 0 Å². The Hall–Kier alpha value is -1.30. The van der Waals surface area contributed by atoms with Gasteiger partial charge in [-0.15, -0.1) is 0 Å². The molecule has 2 aliphatic carbocycles. The highest BCUT2D eigenvalue weighted by atomic mass is 16.5. The molecule has 1 saturated heterocycles. The molecular formula is C15H24N2O4. The number of nitrogens with one attached hydrogen (secondary N) is 1. The third-order valence-electron chi connectivity index (χ3n) is 5.23. The highest BCUT2D eigenvalue weighted by Gasteiger charge is 2.50. The number of carboxylic acids is 1. The Kier molecular flexibility index (Phi) is 4.06. The molecule has 6 heteroatoms. The van der Waals surface area contributed by atoms with Gasteiger partial charge >= 0.3 is 12.0 Å². The summed E-state index contributed by atoms with van der Waals surface area (Å²) in [5, 5.41) is 12.4. The summed E-state index contributed by atoms with van der Waals surface area (Å²) in [6.07, 6.45) is 4.98. The van der Waals surface area contributed by atoms with E-state index >= 15 is 0 Å². The summed E-state index contributed by atoms with van der Waals surface area (Å²) in [6.45, 7) is 3.25. The van der Waals surface area contributed by atoms with Gasteiger partial charge in [0.2, 0.25) is 0 Å². The minimum Gasteiger partial charge on any atom is -0.480 e. The molecule has 21 heavy (non-hydrogen) atoms. The van der Waals surface area contributed by atoms with Crippen LogP contribution < -0.4 is 5.32 Å². The lowest BCUT2D eigenvalue weighted by atomic mass is 9.89. The van der Waals surface area contributed by atoms with Crippen molar-refractivity contribution in [1.29, 1.82) is 0 Å². The molecule has 3 atom stereocenters. The second kappa shape index (κ2) is 5.83. The number of ether oxygens (including phenoxy) is 1. The van der Waals surface area contributed by atoms with Gasteiger partial charge in [-0.1, -0.05) is 6.42 Å². The monoisotopic (exact) mass is 296 g/mol. The maximum absolute atomic E-state index is 12.4. The smallest absolute Gasteiger partial charge is 0.326 e. The predicted octanol–water partition coefficient (Wildman–Crippen LogP) is 1.45. The van der Waals surface area contributed by atoms with E-state index in [1.165, 1.54) is 0 Å². The van der Waals surface area contributed by atoms with Crippen molar-refractivity contribution in [1.82, 2.24) is 10.2 Å². The quantitative estimate of drug-likeness (QED) is 0.823. The van der Waals surface area contributed by atoms with Gasteiger partial charge in [-0.3, -0.25) is 0 Å². The van der Waals surface area contributed by atoms with E-state index in [0.717, 1.165) is 32.1 Å². The Balaban J connectivity index is 1.56. The highest BCUT2D eigenvalue weighted by Crippen LogP contribution is 2.42. The molecule has 3 unspecified atom stereocenters. The van der Waals surface area contributed by atoms with E-state index in [0.29, 0.717) is 19.1 Å². The zero-order chi connectivity index (χ0) is 15.0. The fourth-order valence-corrected chi connectivity index (χ4v) is 4.14. The maximum atomic E-state index is 12.4. The zero-order valence-corrected chi connectivity index (χ0v) is 12.5. The average molecular weight is 296 g/mol. The van der Waals surface area contributed by atoms with Crippen molar-refractivity contribution >= 4 is 12.0 Å². The number of hydrogen-bond acceptors (Lipinski definition) is 3. The lowest BCUT2D eigenvalue weighted by molar-refractivity contribution is -0.142. The lowest BCUT2D eigenvalue weighted by Crippen LogP contribution is -2.54. The van der Waals surface area contributed by atoms with Crippen LogP contribution in [0.1, 0.15) is 39.0 Å². The molecule has 2 N–H and O–H groups in total. The number of urea groups is 1. The number of rotatable bonds is 4. The summed E-state index contributed by atoms with van der Waals surface area (Å²) >= 11 is 0. The van der Waals surface area contributed by atoms with Gasteiger partial charge in [0.1, 0.15) is 6.04 Å². The first-order chi connectivity index (χ1) is 10.1. The molecule has 2 saturated carbocycles. The number of carboxylic acid groups (broad SMARTS) is 1. The van der Waals surface area contributed by atoms with Crippen LogP contribution in [-0.2, 0) is 9.53 Å². The van der Waals surface area contributed by atoms with Crippen molar-refractivity contribution < 1.29 is 19.4 Å². The first kappa shape index (κ1) is 14.6. The first-order valence-corrected chi connectivity index (χ1v) is 8.01. The molecule has 3 rings (SSSR count). The molecule has 2 amide bonds. The number of aliphatic carboxylic acids is 1. The van der Waals surface area contributed by atoms with Crippen LogP contribution in [0.2, 0.25) is 0 Å². The Morgan fingerprint density at radius 1 is 1.33 bits per heavy atom. The van der Waals surface area contributed by atoms with E-state index in [1.54, 1.807) is 4.90 Å². The zero-order valence-electron chi connectivity index (χ0n) is 12.5. The molecule has 0 aromatic heterocycles. The molecule has 3 fully saturated rings. The second-order valence-corrected chi connectivity index (χ2v) is 6.49. The van der Waals surface area contributed by atoms with Crippen molar-refractivity contribution in [3.63, 3.8) is 0 Å². The topological polar surface area (TPSA) is 78.9 Å². The normalized spacial score (nSPS) is 38.0. The number of nitrogens with zero attached hydrogens (tertiary/aromatic N) is 1. The fraction of sp³-hybridized carbons (Fsp3) is 0.867. The molecule has 0 aromatic rings. The average Bonchev–Trinajstić information content (AvgIpc) is 2.95. The van der Waals surface area contributed by atoms with Crippen molar-refractivity contribution in [2.24, 2.45) is 11.8 Å². The highest BCUT2D eigenvalue weighted by molar-refractivity contribution is 5.84. The largest absolute Gasteiger partial charge is 0.480 e. The molecule has 118 valence electrons. The van der Waals surface area contributed by atoms with Crippen LogP contribution in [0, 0.1) is 11.8 Å². The number of fused-ring (bicyclic) bond motifs is 1. The first-order valence-electron chi connectivity index (χ1n) is 8.01. The molecule has 0 spiro atoms. The number of likely N-dealkylation sites (tertiary alicyclic amines) is 1. The van der Waals surface area contributed by atoms with Crippen LogP contribution in [0.5, 0.6) is 0 Å². The third kappa shape index (κ3) is 2.73. The van der Waals surface area contributed by atoms with Crippen molar-refractivity contribution in [3.05, 3.63) is 0 Å². The molecule has 0 bridgehead atoms. The van der Waals surface area contributed by atoms with Gasteiger partial charge < -0.3 is 20.1 Å². The van der Waals surface area contributed by atoms with E-state index in [-0.39, 0.29) is 24.1 Å². The summed E-state index contributed by atoms with van der Waals surface area (Å²) < 4.78 is 5.48. The van der Waals surface area contributed by atoms with Gasteiger partial charge in [-0.25, -0.2) is 9.59 Å². The fourth-order valence-electron chi connectivity index (χ4n) is 4.14. The molecule has 1 heterocycles. The van der Waals surface area contributed by atoms with Crippen LogP contribution in [-0.4, -0.2) is 53.3 Å². The summed E-state index contributed by atoms with van der Waals surface area (Å²) in [4.78, 5) is 25.4. The Morgan fingerprint density at radius 2 is 2.10 bits per heavy atom. The Morgan fingerprint density at radius 3 is 2.76 bits per heavy atom. The van der Waals surface area contributed by atoms with E-state index in [4.69, 9.17) is 4.74 Å². The van der Waals surface area contributed by atoms with Gasteiger partial charge in [0.15, 0.2) is 0 Å². The van der Waals surface area contributed by atoms with Crippen molar-refractivity contribution in [2.75, 3.05) is 13.2 Å². The minimum absolute atomic E-state index is 0.129.